The third-order valence-corrected chi connectivity index (χ3v) is 5.99. The number of aryl methyl sites for hydroxylation is 1. The first kappa shape index (κ1) is 17.3. The minimum Gasteiger partial charge on any atom is -0.493 e. The summed E-state index contributed by atoms with van der Waals surface area (Å²) >= 11 is 0. The van der Waals surface area contributed by atoms with Gasteiger partial charge in [-0.3, -0.25) is 4.79 Å². The van der Waals surface area contributed by atoms with Gasteiger partial charge < -0.3 is 9.84 Å². The van der Waals surface area contributed by atoms with Crippen LogP contribution in [0.1, 0.15) is 69.8 Å². The van der Waals surface area contributed by atoms with Crippen LogP contribution in [0.5, 0.6) is 5.75 Å². The Morgan fingerprint density at radius 3 is 2.50 bits per heavy atom. The van der Waals surface area contributed by atoms with Crippen molar-refractivity contribution in [3.8, 4) is 5.75 Å². The van der Waals surface area contributed by atoms with Gasteiger partial charge in [0.1, 0.15) is 5.75 Å². The molecule has 0 aromatic heterocycles. The molecule has 1 spiro atoms. The molecule has 2 saturated carbocycles. The Morgan fingerprint density at radius 2 is 1.79 bits per heavy atom. The SMILES string of the molecule is O=C(O)CCc1ccc(OCC2CCCC3(CCCCC3)C2)cc1. The summed E-state index contributed by atoms with van der Waals surface area (Å²) in [5.74, 6) is 0.866. The molecule has 1 atom stereocenters. The molecule has 2 aliphatic rings. The van der Waals surface area contributed by atoms with Crippen LogP contribution in [-0.2, 0) is 11.2 Å². The van der Waals surface area contributed by atoms with E-state index in [0.717, 1.165) is 17.9 Å². The quantitative estimate of drug-likeness (QED) is 0.777. The molecule has 1 aromatic rings. The molecule has 0 amide bonds. The maximum absolute atomic E-state index is 10.6. The first-order chi connectivity index (χ1) is 11.7. The predicted octanol–water partition coefficient (Wildman–Crippen LogP) is 5.22. The van der Waals surface area contributed by atoms with Crippen LogP contribution in [0.25, 0.3) is 0 Å². The van der Waals surface area contributed by atoms with Gasteiger partial charge in [0.15, 0.2) is 0 Å². The molecule has 2 fully saturated rings. The fraction of sp³-hybridized carbons (Fsp3) is 0.667. The number of carbonyl (C=O) groups is 1. The van der Waals surface area contributed by atoms with E-state index in [1.165, 1.54) is 57.8 Å². The van der Waals surface area contributed by atoms with Crippen LogP contribution >= 0.6 is 0 Å². The monoisotopic (exact) mass is 330 g/mol. The molecule has 0 radical (unpaired) electrons. The number of carboxylic acid groups (broad SMARTS) is 1. The molecule has 3 rings (SSSR count). The smallest absolute Gasteiger partial charge is 0.303 e. The van der Waals surface area contributed by atoms with E-state index in [9.17, 15) is 4.79 Å². The number of hydrogen-bond acceptors (Lipinski definition) is 2. The summed E-state index contributed by atoms with van der Waals surface area (Å²) in [4.78, 5) is 10.6. The third kappa shape index (κ3) is 4.75. The maximum Gasteiger partial charge on any atom is 0.303 e. The van der Waals surface area contributed by atoms with Crippen molar-refractivity contribution in [3.05, 3.63) is 29.8 Å². The first-order valence-electron chi connectivity index (χ1n) is 9.59. The highest BCUT2D eigenvalue weighted by molar-refractivity contribution is 5.67. The average molecular weight is 330 g/mol. The molecule has 3 nitrogen and oxygen atoms in total. The van der Waals surface area contributed by atoms with Crippen LogP contribution in [0, 0.1) is 11.3 Å². The van der Waals surface area contributed by atoms with Crippen molar-refractivity contribution >= 4 is 5.97 Å². The summed E-state index contributed by atoms with van der Waals surface area (Å²) in [7, 11) is 0. The average Bonchev–Trinajstić information content (AvgIpc) is 2.60. The lowest BCUT2D eigenvalue weighted by molar-refractivity contribution is -0.136. The van der Waals surface area contributed by atoms with E-state index in [0.29, 0.717) is 17.8 Å². The molecule has 2 aliphatic carbocycles. The van der Waals surface area contributed by atoms with Gasteiger partial charge in [0.25, 0.3) is 0 Å². The molecule has 24 heavy (non-hydrogen) atoms. The van der Waals surface area contributed by atoms with Crippen molar-refractivity contribution in [3.63, 3.8) is 0 Å². The molecule has 1 aromatic carbocycles. The van der Waals surface area contributed by atoms with E-state index in [2.05, 4.69) is 0 Å². The zero-order valence-electron chi connectivity index (χ0n) is 14.6. The Kier molecular flexibility index (Phi) is 5.80. The molecule has 0 heterocycles. The maximum atomic E-state index is 10.6. The number of carboxylic acids is 1. The van der Waals surface area contributed by atoms with Crippen molar-refractivity contribution in [2.45, 2.75) is 70.6 Å². The van der Waals surface area contributed by atoms with Crippen LogP contribution < -0.4 is 4.74 Å². The van der Waals surface area contributed by atoms with E-state index in [1.54, 1.807) is 0 Å². The lowest BCUT2D eigenvalue weighted by Crippen LogP contribution is -2.33. The van der Waals surface area contributed by atoms with E-state index in [1.807, 2.05) is 24.3 Å². The molecule has 0 bridgehead atoms. The third-order valence-electron chi connectivity index (χ3n) is 5.99. The Bertz CT molecular complexity index is 523. The highest BCUT2D eigenvalue weighted by Gasteiger charge is 2.37. The summed E-state index contributed by atoms with van der Waals surface area (Å²) in [6.07, 6.45) is 13.4. The highest BCUT2D eigenvalue weighted by Crippen LogP contribution is 2.49. The van der Waals surface area contributed by atoms with Crippen LogP contribution in [0.4, 0.5) is 0 Å². The normalized spacial score (nSPS) is 23.1. The second kappa shape index (κ2) is 8.04. The van der Waals surface area contributed by atoms with Gasteiger partial charge in [-0.15, -0.1) is 0 Å². The Hall–Kier alpha value is -1.51. The van der Waals surface area contributed by atoms with Crippen LogP contribution in [0.2, 0.25) is 0 Å². The summed E-state index contributed by atoms with van der Waals surface area (Å²) in [6.45, 7) is 0.830. The van der Waals surface area contributed by atoms with Crippen LogP contribution in [0.3, 0.4) is 0 Å². The molecule has 0 aliphatic heterocycles. The van der Waals surface area contributed by atoms with E-state index >= 15 is 0 Å². The van der Waals surface area contributed by atoms with E-state index < -0.39 is 5.97 Å². The molecular weight excluding hydrogens is 300 g/mol. The van der Waals surface area contributed by atoms with Gasteiger partial charge in [-0.1, -0.05) is 37.8 Å². The minimum absolute atomic E-state index is 0.185. The van der Waals surface area contributed by atoms with Crippen molar-refractivity contribution in [2.24, 2.45) is 11.3 Å². The topological polar surface area (TPSA) is 46.5 Å². The second-order valence-electron chi connectivity index (χ2n) is 7.87. The van der Waals surface area contributed by atoms with Gasteiger partial charge in [0.05, 0.1) is 6.61 Å². The fourth-order valence-corrected chi connectivity index (χ4v) is 4.70. The summed E-state index contributed by atoms with van der Waals surface area (Å²) in [6, 6.07) is 7.94. The first-order valence-corrected chi connectivity index (χ1v) is 9.59. The van der Waals surface area contributed by atoms with Gasteiger partial charge in [-0.25, -0.2) is 0 Å². The predicted molar refractivity (Wildman–Crippen MR) is 95.4 cm³/mol. The second-order valence-corrected chi connectivity index (χ2v) is 7.87. The van der Waals surface area contributed by atoms with Gasteiger partial charge >= 0.3 is 5.97 Å². The van der Waals surface area contributed by atoms with Gasteiger partial charge in [-0.05, 0) is 67.6 Å². The van der Waals surface area contributed by atoms with Crippen molar-refractivity contribution < 1.29 is 14.6 Å². The zero-order valence-corrected chi connectivity index (χ0v) is 14.6. The molecule has 1 unspecified atom stereocenters. The number of benzene rings is 1. The van der Waals surface area contributed by atoms with Gasteiger partial charge in [0, 0.05) is 6.42 Å². The number of aliphatic carboxylic acids is 1. The van der Waals surface area contributed by atoms with Gasteiger partial charge in [-0.2, -0.15) is 0 Å². The lowest BCUT2D eigenvalue weighted by atomic mass is 9.63. The number of hydrogen-bond donors (Lipinski definition) is 1. The van der Waals surface area contributed by atoms with Crippen LogP contribution in [0.15, 0.2) is 24.3 Å². The fourth-order valence-electron chi connectivity index (χ4n) is 4.70. The minimum atomic E-state index is -0.746. The number of rotatable bonds is 6. The van der Waals surface area contributed by atoms with Crippen molar-refractivity contribution in [1.29, 1.82) is 0 Å². The highest BCUT2D eigenvalue weighted by atomic mass is 16.5. The van der Waals surface area contributed by atoms with Crippen molar-refractivity contribution in [2.75, 3.05) is 6.61 Å². The van der Waals surface area contributed by atoms with Gasteiger partial charge in [0.2, 0.25) is 0 Å². The summed E-state index contributed by atoms with van der Waals surface area (Å²) < 4.78 is 6.04. The van der Waals surface area contributed by atoms with Crippen molar-refractivity contribution in [1.82, 2.24) is 0 Å². The van der Waals surface area contributed by atoms with E-state index in [4.69, 9.17) is 9.84 Å². The Morgan fingerprint density at radius 1 is 1.08 bits per heavy atom. The largest absolute Gasteiger partial charge is 0.493 e. The molecular formula is C21H30O3. The number of ether oxygens (including phenoxy) is 1. The Labute approximate surface area is 145 Å². The Balaban J connectivity index is 1.47. The zero-order chi connectivity index (χ0) is 16.8. The summed E-state index contributed by atoms with van der Waals surface area (Å²) in [5.41, 5.74) is 1.69. The molecule has 3 heteroatoms. The van der Waals surface area contributed by atoms with E-state index in [-0.39, 0.29) is 6.42 Å². The summed E-state index contributed by atoms with van der Waals surface area (Å²) in [5, 5.41) is 8.74. The standard InChI is InChI=1S/C21H30O3/c22-20(23)11-8-17-6-9-19(10-7-17)24-16-18-5-4-14-21(15-18)12-2-1-3-13-21/h6-7,9-10,18H,1-5,8,11-16H2,(H,22,23). The lowest BCUT2D eigenvalue weighted by Gasteiger charge is -2.43. The molecule has 132 valence electrons. The van der Waals surface area contributed by atoms with Crippen LogP contribution in [-0.4, -0.2) is 17.7 Å². The molecule has 0 saturated heterocycles. The molecule has 1 N–H and O–H groups in total.